The van der Waals surface area contributed by atoms with E-state index in [0.29, 0.717) is 16.8 Å². The summed E-state index contributed by atoms with van der Waals surface area (Å²) in [5, 5.41) is 0. The van der Waals surface area contributed by atoms with Crippen molar-refractivity contribution in [3.8, 4) is 11.1 Å². The number of nitrogens with zero attached hydrogens (tertiary/aromatic N) is 3. The van der Waals surface area contributed by atoms with Crippen molar-refractivity contribution in [1.29, 1.82) is 0 Å². The normalized spacial score (nSPS) is 10.9. The number of fused-ring (bicyclic) bond motifs is 1. The number of rotatable bonds is 4. The molecule has 2 aromatic heterocycles. The molecule has 4 rings (SSSR count). The van der Waals surface area contributed by atoms with Crippen LogP contribution < -0.4 is 10.7 Å². The second kappa shape index (κ2) is 6.92. The van der Waals surface area contributed by atoms with E-state index in [1.165, 1.54) is 9.47 Å². The molecule has 0 aliphatic heterocycles. The van der Waals surface area contributed by atoms with E-state index in [-0.39, 0.29) is 12.5 Å². The number of hydrogen-bond donors (Lipinski definition) is 0. The van der Waals surface area contributed by atoms with Crippen LogP contribution in [0.4, 0.5) is 5.69 Å². The van der Waals surface area contributed by atoms with Gasteiger partial charge in [-0.2, -0.15) is 0 Å². The van der Waals surface area contributed by atoms with Crippen LogP contribution in [0.1, 0.15) is 0 Å². The second-order valence-electron chi connectivity index (χ2n) is 6.16. The molecule has 0 spiro atoms. The van der Waals surface area contributed by atoms with Gasteiger partial charge in [0.05, 0.1) is 5.52 Å². The first-order valence-electron chi connectivity index (χ1n) is 8.49. The van der Waals surface area contributed by atoms with Gasteiger partial charge in [-0.25, -0.2) is 4.79 Å². The van der Waals surface area contributed by atoms with Gasteiger partial charge in [0.2, 0.25) is 5.91 Å². The number of pyridine rings is 1. The van der Waals surface area contributed by atoms with Crippen LogP contribution in [0.3, 0.4) is 0 Å². The summed E-state index contributed by atoms with van der Waals surface area (Å²) in [4.78, 5) is 30.4. The molecule has 27 heavy (non-hydrogen) atoms. The predicted octanol–water partition coefficient (Wildman–Crippen LogP) is 3.32. The molecular formula is C21H17N3O3. The third kappa shape index (κ3) is 3.25. The van der Waals surface area contributed by atoms with Gasteiger partial charge in [-0.15, -0.1) is 0 Å². The smallest absolute Gasteiger partial charge is 0.408 e. The number of aromatic nitrogens is 2. The molecule has 6 nitrogen and oxygen atoms in total. The Hall–Kier alpha value is -3.67. The summed E-state index contributed by atoms with van der Waals surface area (Å²) < 4.78 is 6.67. The Bertz CT molecular complexity index is 1150. The first-order valence-corrected chi connectivity index (χ1v) is 8.49. The Morgan fingerprint density at radius 3 is 2.52 bits per heavy atom. The van der Waals surface area contributed by atoms with E-state index in [4.69, 9.17) is 4.42 Å². The van der Waals surface area contributed by atoms with E-state index in [1.54, 1.807) is 37.6 Å². The number of carbonyl (C=O) groups is 1. The van der Waals surface area contributed by atoms with Crippen LogP contribution in [0.5, 0.6) is 0 Å². The van der Waals surface area contributed by atoms with Gasteiger partial charge >= 0.3 is 5.76 Å². The van der Waals surface area contributed by atoms with E-state index < -0.39 is 5.76 Å². The highest BCUT2D eigenvalue weighted by atomic mass is 16.4. The minimum atomic E-state index is -0.549. The van der Waals surface area contributed by atoms with Gasteiger partial charge in [-0.1, -0.05) is 36.4 Å². The van der Waals surface area contributed by atoms with Gasteiger partial charge in [0.15, 0.2) is 5.58 Å². The van der Waals surface area contributed by atoms with Crippen molar-refractivity contribution in [2.24, 2.45) is 0 Å². The molecule has 0 aliphatic carbocycles. The SMILES string of the molecule is CN(C(=O)Cn1c(=O)oc2ccc(-c3ccccc3)cc21)c1ccncc1. The lowest BCUT2D eigenvalue weighted by molar-refractivity contribution is -0.118. The average Bonchev–Trinajstić information content (AvgIpc) is 3.03. The summed E-state index contributed by atoms with van der Waals surface area (Å²) in [6.45, 7) is -0.108. The third-order valence-corrected chi connectivity index (χ3v) is 4.49. The zero-order valence-electron chi connectivity index (χ0n) is 14.7. The zero-order chi connectivity index (χ0) is 18.8. The van der Waals surface area contributed by atoms with E-state index in [9.17, 15) is 9.59 Å². The average molecular weight is 359 g/mol. The van der Waals surface area contributed by atoms with Crippen LogP contribution in [0.2, 0.25) is 0 Å². The highest BCUT2D eigenvalue weighted by Crippen LogP contribution is 2.24. The Labute approximate surface area is 155 Å². The fourth-order valence-electron chi connectivity index (χ4n) is 2.97. The maximum atomic E-state index is 12.7. The van der Waals surface area contributed by atoms with E-state index in [0.717, 1.165) is 11.1 Å². The summed E-state index contributed by atoms with van der Waals surface area (Å²) in [7, 11) is 1.67. The molecule has 0 atom stereocenters. The number of carbonyl (C=O) groups excluding carboxylic acids is 1. The molecule has 4 aromatic rings. The molecule has 0 N–H and O–H groups in total. The summed E-state index contributed by atoms with van der Waals surface area (Å²) >= 11 is 0. The van der Waals surface area contributed by atoms with E-state index in [2.05, 4.69) is 4.98 Å². The molecule has 0 bridgehead atoms. The first-order chi connectivity index (χ1) is 13.1. The van der Waals surface area contributed by atoms with Crippen molar-refractivity contribution in [2.45, 2.75) is 6.54 Å². The van der Waals surface area contributed by atoms with Gasteiger partial charge in [0.1, 0.15) is 6.54 Å². The molecule has 0 fully saturated rings. The third-order valence-electron chi connectivity index (χ3n) is 4.49. The Morgan fingerprint density at radius 1 is 1.04 bits per heavy atom. The Morgan fingerprint density at radius 2 is 1.78 bits per heavy atom. The molecule has 0 saturated heterocycles. The van der Waals surface area contributed by atoms with Gasteiger partial charge in [0.25, 0.3) is 0 Å². The summed E-state index contributed by atoms with van der Waals surface area (Å²) in [6.07, 6.45) is 3.23. The van der Waals surface area contributed by atoms with E-state index >= 15 is 0 Å². The van der Waals surface area contributed by atoms with Gasteiger partial charge in [-0.05, 0) is 35.4 Å². The molecule has 0 radical (unpaired) electrons. The first kappa shape index (κ1) is 16.8. The fraction of sp³-hybridized carbons (Fsp3) is 0.0952. The number of hydrogen-bond acceptors (Lipinski definition) is 4. The van der Waals surface area contributed by atoms with Gasteiger partial charge in [0, 0.05) is 25.1 Å². The largest absolute Gasteiger partial charge is 0.420 e. The van der Waals surface area contributed by atoms with Gasteiger partial charge < -0.3 is 9.32 Å². The minimum absolute atomic E-state index is 0.108. The Kier molecular flexibility index (Phi) is 4.30. The maximum Gasteiger partial charge on any atom is 0.420 e. The van der Waals surface area contributed by atoms with Crippen molar-refractivity contribution in [1.82, 2.24) is 9.55 Å². The zero-order valence-corrected chi connectivity index (χ0v) is 14.7. The van der Waals surface area contributed by atoms with Crippen LogP contribution in [0.25, 0.3) is 22.2 Å². The van der Waals surface area contributed by atoms with E-state index in [1.807, 2.05) is 42.5 Å². The summed E-state index contributed by atoms with van der Waals surface area (Å²) in [5.41, 5.74) is 3.74. The van der Waals surface area contributed by atoms with Crippen LogP contribution in [0.15, 0.2) is 82.3 Å². The van der Waals surface area contributed by atoms with Crippen molar-refractivity contribution in [2.75, 3.05) is 11.9 Å². The number of anilines is 1. The van der Waals surface area contributed by atoms with Crippen LogP contribution in [-0.2, 0) is 11.3 Å². The monoisotopic (exact) mass is 359 g/mol. The standard InChI is InChI=1S/C21H17N3O3/c1-23(17-9-11-22-12-10-17)20(25)14-24-18-13-16(15-5-3-2-4-6-15)7-8-19(18)27-21(24)26/h2-13H,14H2,1H3. The van der Waals surface area contributed by atoms with Gasteiger partial charge in [-0.3, -0.25) is 14.3 Å². The van der Waals surface area contributed by atoms with Crippen LogP contribution >= 0.6 is 0 Å². The van der Waals surface area contributed by atoms with Crippen molar-refractivity contribution in [3.05, 3.63) is 83.6 Å². The van der Waals surface area contributed by atoms with Crippen LogP contribution in [-0.4, -0.2) is 22.5 Å². The lowest BCUT2D eigenvalue weighted by Crippen LogP contribution is -2.32. The predicted molar refractivity (Wildman–Crippen MR) is 104 cm³/mol. The van der Waals surface area contributed by atoms with Crippen molar-refractivity contribution >= 4 is 22.7 Å². The quantitative estimate of drug-likeness (QED) is 0.561. The molecular weight excluding hydrogens is 342 g/mol. The Balaban J connectivity index is 1.70. The minimum Gasteiger partial charge on any atom is -0.408 e. The molecule has 1 amide bonds. The highest BCUT2D eigenvalue weighted by Gasteiger charge is 2.17. The second-order valence-corrected chi connectivity index (χ2v) is 6.16. The van der Waals surface area contributed by atoms with Crippen molar-refractivity contribution < 1.29 is 9.21 Å². The molecule has 0 aliphatic rings. The molecule has 2 aromatic carbocycles. The van der Waals surface area contributed by atoms with Crippen molar-refractivity contribution in [3.63, 3.8) is 0 Å². The molecule has 0 unspecified atom stereocenters. The summed E-state index contributed by atoms with van der Waals surface area (Å²) in [5.74, 6) is -0.775. The maximum absolute atomic E-state index is 12.7. The number of benzene rings is 2. The highest BCUT2D eigenvalue weighted by molar-refractivity contribution is 5.93. The summed E-state index contributed by atoms with van der Waals surface area (Å²) in [6, 6.07) is 18.8. The number of amides is 1. The van der Waals surface area contributed by atoms with Crippen LogP contribution in [0, 0.1) is 0 Å². The lowest BCUT2D eigenvalue weighted by Gasteiger charge is -2.17. The fourth-order valence-corrected chi connectivity index (χ4v) is 2.97. The molecule has 6 heteroatoms. The number of oxazole rings is 1. The topological polar surface area (TPSA) is 68.3 Å². The molecule has 2 heterocycles. The number of likely N-dealkylation sites (N-methyl/N-ethyl adjacent to an activating group) is 1. The molecule has 134 valence electrons. The lowest BCUT2D eigenvalue weighted by atomic mass is 10.1. The molecule has 0 saturated carbocycles.